The summed E-state index contributed by atoms with van der Waals surface area (Å²) in [6.45, 7) is 12.4. The lowest BCUT2D eigenvalue weighted by molar-refractivity contribution is 0.977. The second-order valence-electron chi connectivity index (χ2n) is 10.2. The lowest BCUT2D eigenvalue weighted by Gasteiger charge is -2.14. The van der Waals surface area contributed by atoms with Gasteiger partial charge in [0.1, 0.15) is 0 Å². The summed E-state index contributed by atoms with van der Waals surface area (Å²) in [5.74, 6) is 0.695. The maximum absolute atomic E-state index is 5.18. The predicted molar refractivity (Wildman–Crippen MR) is 186 cm³/mol. The van der Waals surface area contributed by atoms with Gasteiger partial charge in [0, 0.05) is 16.3 Å². The van der Waals surface area contributed by atoms with E-state index in [0.717, 1.165) is 46.4 Å². The number of hydrogen-bond acceptors (Lipinski definition) is 2. The Kier molecular flexibility index (Phi) is 9.32. The van der Waals surface area contributed by atoms with E-state index in [0.29, 0.717) is 5.95 Å². The van der Waals surface area contributed by atoms with Crippen LogP contribution < -0.4 is 0 Å². The number of benzene rings is 4. The summed E-state index contributed by atoms with van der Waals surface area (Å²) in [6, 6.07) is 34.3. The molecule has 4 aromatic carbocycles. The Morgan fingerprint density at radius 3 is 2.07 bits per heavy atom. The van der Waals surface area contributed by atoms with Gasteiger partial charge < -0.3 is 0 Å². The molecule has 1 aliphatic carbocycles. The van der Waals surface area contributed by atoms with Crippen molar-refractivity contribution in [2.24, 2.45) is 0 Å². The quantitative estimate of drug-likeness (QED) is 0.214. The van der Waals surface area contributed by atoms with Gasteiger partial charge in [0.25, 0.3) is 0 Å². The predicted octanol–water partition coefficient (Wildman–Crippen LogP) is 11.3. The van der Waals surface area contributed by atoms with Crippen LogP contribution in [0.5, 0.6) is 0 Å². The molecule has 0 amide bonds. The van der Waals surface area contributed by atoms with Gasteiger partial charge in [-0.05, 0) is 72.7 Å². The van der Waals surface area contributed by atoms with E-state index < -0.39 is 0 Å². The van der Waals surface area contributed by atoms with Gasteiger partial charge in [-0.2, -0.15) is 0 Å². The fraction of sp³-hybridized carbons (Fsp3) is 0.200. The second-order valence-corrected chi connectivity index (χ2v) is 10.2. The highest BCUT2D eigenvalue weighted by molar-refractivity contribution is 6.12. The van der Waals surface area contributed by atoms with Crippen molar-refractivity contribution in [2.75, 3.05) is 0 Å². The van der Waals surface area contributed by atoms with Gasteiger partial charge in [0.2, 0.25) is 5.95 Å². The van der Waals surface area contributed by atoms with Gasteiger partial charge in [-0.15, -0.1) is 0 Å². The fourth-order valence-electron chi connectivity index (χ4n) is 5.86. The van der Waals surface area contributed by atoms with Crippen LogP contribution in [0, 0.1) is 13.8 Å². The van der Waals surface area contributed by atoms with Gasteiger partial charge in [-0.1, -0.05) is 125 Å². The first-order valence-corrected chi connectivity index (χ1v) is 15.6. The van der Waals surface area contributed by atoms with Crippen molar-refractivity contribution in [3.05, 3.63) is 132 Å². The first kappa shape index (κ1) is 29.7. The number of rotatable bonds is 4. The smallest absolute Gasteiger partial charge is 0.235 e. The van der Waals surface area contributed by atoms with Crippen LogP contribution in [-0.4, -0.2) is 14.5 Å². The van der Waals surface area contributed by atoms with E-state index in [2.05, 4.69) is 128 Å². The molecule has 1 aliphatic rings. The highest BCUT2D eigenvalue weighted by atomic mass is 15.2. The molecule has 0 spiro atoms. The van der Waals surface area contributed by atoms with E-state index in [4.69, 9.17) is 9.97 Å². The van der Waals surface area contributed by atoms with Crippen LogP contribution in [0.3, 0.4) is 0 Å². The Hall–Kier alpha value is -4.76. The zero-order chi connectivity index (χ0) is 30.3. The maximum atomic E-state index is 5.18. The third-order valence-electron chi connectivity index (χ3n) is 7.81. The summed E-state index contributed by atoms with van der Waals surface area (Å²) in [4.78, 5) is 10.3. The van der Waals surface area contributed by atoms with Crippen molar-refractivity contribution in [2.45, 2.75) is 54.4 Å². The SMILES string of the molecule is CC.CC.Cc1ccccc1-c1ccc2c(c1C)c1ccccc1n2-c1nc(C2=CCCC=C2)cc(-c2ccccc2)n1. The molecule has 0 N–H and O–H groups in total. The molecule has 0 saturated heterocycles. The molecule has 3 nitrogen and oxygen atoms in total. The van der Waals surface area contributed by atoms with E-state index in [1.165, 1.54) is 33.0 Å². The largest absolute Gasteiger partial charge is 0.278 e. The number of fused-ring (bicyclic) bond motifs is 3. The molecule has 0 radical (unpaired) electrons. The molecule has 2 aromatic heterocycles. The van der Waals surface area contributed by atoms with E-state index in [1.807, 2.05) is 33.8 Å². The van der Waals surface area contributed by atoms with Crippen LogP contribution >= 0.6 is 0 Å². The summed E-state index contributed by atoms with van der Waals surface area (Å²) in [7, 11) is 0. The monoisotopic (exact) mass is 563 g/mol. The third kappa shape index (κ3) is 5.68. The van der Waals surface area contributed by atoms with Crippen molar-refractivity contribution in [1.82, 2.24) is 14.5 Å². The van der Waals surface area contributed by atoms with Gasteiger partial charge in [-0.25, -0.2) is 9.97 Å². The zero-order valence-corrected chi connectivity index (χ0v) is 26.2. The standard InChI is InChI=1S/C36H29N3.2C2H6/c1-24-13-9-10-18-28(24)29-21-22-34-35(25(29)2)30-19-11-12-20-33(30)39(34)36-37-31(26-14-5-3-6-15-26)23-32(38-36)27-16-7-4-8-17-27;2*1-2/h3,5-7,9-23H,4,8H2,1-2H3;2*1-2H3. The normalized spacial score (nSPS) is 12.3. The highest BCUT2D eigenvalue weighted by Gasteiger charge is 2.20. The Balaban J connectivity index is 0.000000885. The summed E-state index contributed by atoms with van der Waals surface area (Å²) in [5, 5.41) is 2.46. The van der Waals surface area contributed by atoms with Crippen LogP contribution in [0.25, 0.3) is 55.7 Å². The number of aryl methyl sites for hydroxylation is 2. The Morgan fingerprint density at radius 1 is 0.628 bits per heavy atom. The van der Waals surface area contributed by atoms with Crippen LogP contribution in [0.1, 0.15) is 57.4 Å². The first-order valence-electron chi connectivity index (χ1n) is 15.6. The molecule has 216 valence electrons. The molecule has 3 heteroatoms. The second kappa shape index (κ2) is 13.5. The lowest BCUT2D eigenvalue weighted by atomic mass is 9.94. The molecule has 0 saturated carbocycles. The number of aromatic nitrogens is 3. The molecule has 2 heterocycles. The van der Waals surface area contributed by atoms with E-state index in [9.17, 15) is 0 Å². The van der Waals surface area contributed by atoms with Crippen molar-refractivity contribution in [3.8, 4) is 28.3 Å². The molecular formula is C40H41N3. The number of allylic oxidation sites excluding steroid dienone is 4. The van der Waals surface area contributed by atoms with Crippen LogP contribution in [0.15, 0.2) is 115 Å². The average Bonchev–Trinajstić information content (AvgIpc) is 3.43. The lowest BCUT2D eigenvalue weighted by Crippen LogP contribution is -2.05. The van der Waals surface area contributed by atoms with Gasteiger partial charge in [0.15, 0.2) is 0 Å². The van der Waals surface area contributed by atoms with Crippen LogP contribution in [0.2, 0.25) is 0 Å². The molecule has 0 fully saturated rings. The molecule has 7 rings (SSSR count). The van der Waals surface area contributed by atoms with Crippen molar-refractivity contribution >= 4 is 27.4 Å². The van der Waals surface area contributed by atoms with E-state index in [-0.39, 0.29) is 0 Å². The molecule has 0 bridgehead atoms. The van der Waals surface area contributed by atoms with E-state index >= 15 is 0 Å². The average molecular weight is 564 g/mol. The number of para-hydroxylation sites is 1. The van der Waals surface area contributed by atoms with Gasteiger partial charge in [-0.3, -0.25) is 4.57 Å². The van der Waals surface area contributed by atoms with E-state index in [1.54, 1.807) is 0 Å². The minimum absolute atomic E-state index is 0.695. The number of nitrogens with zero attached hydrogens (tertiary/aromatic N) is 3. The zero-order valence-electron chi connectivity index (χ0n) is 26.2. The Morgan fingerprint density at radius 2 is 1.33 bits per heavy atom. The van der Waals surface area contributed by atoms with Crippen molar-refractivity contribution in [1.29, 1.82) is 0 Å². The van der Waals surface area contributed by atoms with Crippen LogP contribution in [-0.2, 0) is 0 Å². The molecule has 0 aliphatic heterocycles. The van der Waals surface area contributed by atoms with Crippen LogP contribution in [0.4, 0.5) is 0 Å². The Labute approximate surface area is 256 Å². The minimum Gasteiger partial charge on any atom is -0.278 e. The van der Waals surface area contributed by atoms with Gasteiger partial charge >= 0.3 is 0 Å². The molecule has 0 atom stereocenters. The van der Waals surface area contributed by atoms with Crippen molar-refractivity contribution in [3.63, 3.8) is 0 Å². The molecule has 0 unspecified atom stereocenters. The summed E-state index contributed by atoms with van der Waals surface area (Å²) >= 11 is 0. The molecule has 43 heavy (non-hydrogen) atoms. The summed E-state index contributed by atoms with van der Waals surface area (Å²) < 4.78 is 2.24. The Bertz CT molecular complexity index is 1920. The number of hydrogen-bond donors (Lipinski definition) is 0. The summed E-state index contributed by atoms with van der Waals surface area (Å²) in [5.41, 5.74) is 11.4. The maximum Gasteiger partial charge on any atom is 0.235 e. The molecular weight excluding hydrogens is 522 g/mol. The fourth-order valence-corrected chi connectivity index (χ4v) is 5.86. The minimum atomic E-state index is 0.695. The van der Waals surface area contributed by atoms with Gasteiger partial charge in [0.05, 0.1) is 22.4 Å². The van der Waals surface area contributed by atoms with Crippen molar-refractivity contribution < 1.29 is 0 Å². The first-order chi connectivity index (χ1) is 21.2. The third-order valence-corrected chi connectivity index (χ3v) is 7.81. The summed E-state index contributed by atoms with van der Waals surface area (Å²) in [6.07, 6.45) is 8.81. The molecule has 6 aromatic rings. The highest BCUT2D eigenvalue weighted by Crippen LogP contribution is 2.39. The topological polar surface area (TPSA) is 30.7 Å².